The highest BCUT2D eigenvalue weighted by molar-refractivity contribution is 6.05. The molecule has 4 rings (SSSR count). The van der Waals surface area contributed by atoms with Crippen LogP contribution in [0, 0.1) is 12.7 Å². The number of carbonyl (C=O) groups is 1. The van der Waals surface area contributed by atoms with E-state index in [0.717, 1.165) is 48.9 Å². The molecule has 1 N–H and O–H groups in total. The molecule has 2 heterocycles. The van der Waals surface area contributed by atoms with Crippen molar-refractivity contribution in [2.45, 2.75) is 6.92 Å². The highest BCUT2D eigenvalue weighted by Crippen LogP contribution is 2.21. The molecule has 0 radical (unpaired) electrons. The van der Waals surface area contributed by atoms with E-state index in [1.807, 2.05) is 37.3 Å². The molecule has 1 amide bonds. The lowest BCUT2D eigenvalue weighted by atomic mass is 10.1. The van der Waals surface area contributed by atoms with E-state index in [0.29, 0.717) is 5.56 Å². The average Bonchev–Trinajstić information content (AvgIpc) is 2.76. The Bertz CT molecular complexity index is 998. The van der Waals surface area contributed by atoms with E-state index in [4.69, 9.17) is 0 Å². The zero-order valence-electron chi connectivity index (χ0n) is 16.3. The van der Waals surface area contributed by atoms with Crippen molar-refractivity contribution in [1.82, 2.24) is 4.98 Å². The third-order valence-corrected chi connectivity index (χ3v) is 5.20. The third kappa shape index (κ3) is 4.37. The standard InChI is InChI=1S/C23H23FN4O/c1-17-4-2-3-5-21(17)26-23(29)18-10-11-25-22(16-18)28-14-12-27(13-15-28)20-8-6-19(24)7-9-20/h2-11,16H,12-15H2,1H3,(H,26,29). The van der Waals surface area contributed by atoms with Gasteiger partial charge >= 0.3 is 0 Å². The Labute approximate surface area is 169 Å². The van der Waals surface area contributed by atoms with Crippen LogP contribution in [0.25, 0.3) is 0 Å². The van der Waals surface area contributed by atoms with Crippen molar-refractivity contribution in [2.75, 3.05) is 41.3 Å². The average molecular weight is 390 g/mol. The van der Waals surface area contributed by atoms with E-state index >= 15 is 0 Å². The Morgan fingerprint density at radius 1 is 0.966 bits per heavy atom. The fourth-order valence-corrected chi connectivity index (χ4v) is 3.49. The zero-order valence-corrected chi connectivity index (χ0v) is 16.3. The van der Waals surface area contributed by atoms with Crippen LogP contribution in [0.1, 0.15) is 15.9 Å². The molecule has 0 bridgehead atoms. The fourth-order valence-electron chi connectivity index (χ4n) is 3.49. The van der Waals surface area contributed by atoms with Crippen molar-refractivity contribution in [1.29, 1.82) is 0 Å². The Morgan fingerprint density at radius 2 is 1.66 bits per heavy atom. The van der Waals surface area contributed by atoms with Gasteiger partial charge in [0.1, 0.15) is 11.6 Å². The SMILES string of the molecule is Cc1ccccc1NC(=O)c1ccnc(N2CCN(c3ccc(F)cc3)CC2)c1. The van der Waals surface area contributed by atoms with E-state index in [2.05, 4.69) is 20.1 Å². The molecule has 2 aromatic carbocycles. The first-order valence-corrected chi connectivity index (χ1v) is 9.69. The van der Waals surface area contributed by atoms with E-state index in [1.54, 1.807) is 24.4 Å². The summed E-state index contributed by atoms with van der Waals surface area (Å²) in [6.45, 7) is 5.16. The van der Waals surface area contributed by atoms with Gasteiger partial charge in [-0.2, -0.15) is 0 Å². The molecule has 1 fully saturated rings. The van der Waals surface area contributed by atoms with E-state index in [9.17, 15) is 9.18 Å². The van der Waals surface area contributed by atoms with Gasteiger partial charge in [0.25, 0.3) is 5.91 Å². The van der Waals surface area contributed by atoms with Crippen molar-refractivity contribution < 1.29 is 9.18 Å². The molecular formula is C23H23FN4O. The van der Waals surface area contributed by atoms with Crippen LogP contribution < -0.4 is 15.1 Å². The second-order valence-corrected chi connectivity index (χ2v) is 7.12. The van der Waals surface area contributed by atoms with Gasteiger partial charge in [0.2, 0.25) is 0 Å². The second kappa shape index (κ2) is 8.31. The fraction of sp³-hybridized carbons (Fsp3) is 0.217. The number of halogens is 1. The Kier molecular flexibility index (Phi) is 5.42. The molecule has 1 saturated heterocycles. The van der Waals surface area contributed by atoms with E-state index in [1.165, 1.54) is 12.1 Å². The topological polar surface area (TPSA) is 48.5 Å². The van der Waals surface area contributed by atoms with Crippen LogP contribution in [-0.2, 0) is 0 Å². The molecule has 0 aliphatic carbocycles. The number of benzene rings is 2. The Morgan fingerprint density at radius 3 is 2.38 bits per heavy atom. The minimum absolute atomic E-state index is 0.145. The molecule has 0 unspecified atom stereocenters. The van der Waals surface area contributed by atoms with Crippen LogP contribution in [0.2, 0.25) is 0 Å². The number of nitrogens with zero attached hydrogens (tertiary/aromatic N) is 3. The number of amides is 1. The minimum atomic E-state index is -0.225. The monoisotopic (exact) mass is 390 g/mol. The summed E-state index contributed by atoms with van der Waals surface area (Å²) in [5.74, 6) is 0.423. The second-order valence-electron chi connectivity index (χ2n) is 7.12. The number of pyridine rings is 1. The maximum atomic E-state index is 13.1. The van der Waals surface area contributed by atoms with Gasteiger partial charge in [-0.05, 0) is 55.0 Å². The molecule has 3 aromatic rings. The van der Waals surface area contributed by atoms with Gasteiger partial charge in [0.05, 0.1) is 0 Å². The maximum Gasteiger partial charge on any atom is 0.255 e. The lowest BCUT2D eigenvalue weighted by Crippen LogP contribution is -2.46. The van der Waals surface area contributed by atoms with Crippen LogP contribution in [0.5, 0.6) is 0 Å². The first kappa shape index (κ1) is 18.9. The number of carbonyl (C=O) groups excluding carboxylic acids is 1. The number of hydrogen-bond acceptors (Lipinski definition) is 4. The molecule has 0 saturated carbocycles. The summed E-state index contributed by atoms with van der Waals surface area (Å²) in [7, 11) is 0. The van der Waals surface area contributed by atoms with Gasteiger partial charge in [-0.1, -0.05) is 18.2 Å². The van der Waals surface area contributed by atoms with Gasteiger partial charge in [-0.3, -0.25) is 4.79 Å². The van der Waals surface area contributed by atoms with Crippen LogP contribution in [0.4, 0.5) is 21.6 Å². The Hall–Kier alpha value is -3.41. The molecule has 6 heteroatoms. The van der Waals surface area contributed by atoms with Crippen molar-refractivity contribution in [3.05, 3.63) is 83.8 Å². The van der Waals surface area contributed by atoms with Gasteiger partial charge in [0, 0.05) is 49.3 Å². The predicted molar refractivity (Wildman–Crippen MR) is 114 cm³/mol. The van der Waals surface area contributed by atoms with E-state index in [-0.39, 0.29) is 11.7 Å². The van der Waals surface area contributed by atoms with Crippen LogP contribution in [-0.4, -0.2) is 37.1 Å². The number of aromatic nitrogens is 1. The number of nitrogens with one attached hydrogen (secondary N) is 1. The quantitative estimate of drug-likeness (QED) is 0.728. The predicted octanol–water partition coefficient (Wildman–Crippen LogP) is 4.11. The molecule has 1 aliphatic heterocycles. The molecule has 148 valence electrons. The molecule has 0 spiro atoms. The molecular weight excluding hydrogens is 367 g/mol. The number of piperazine rings is 1. The van der Waals surface area contributed by atoms with Crippen molar-refractivity contribution in [3.63, 3.8) is 0 Å². The summed E-state index contributed by atoms with van der Waals surface area (Å²) in [6.07, 6.45) is 1.68. The highest BCUT2D eigenvalue weighted by Gasteiger charge is 2.19. The van der Waals surface area contributed by atoms with Crippen LogP contribution in [0.15, 0.2) is 66.9 Å². The van der Waals surface area contributed by atoms with Crippen molar-refractivity contribution >= 4 is 23.1 Å². The number of rotatable bonds is 4. The maximum absolute atomic E-state index is 13.1. The summed E-state index contributed by atoms with van der Waals surface area (Å²) in [6, 6.07) is 17.9. The number of para-hydroxylation sites is 1. The summed E-state index contributed by atoms with van der Waals surface area (Å²) < 4.78 is 13.1. The van der Waals surface area contributed by atoms with Crippen molar-refractivity contribution in [2.24, 2.45) is 0 Å². The van der Waals surface area contributed by atoms with Gasteiger partial charge in [0.15, 0.2) is 0 Å². The molecule has 1 aromatic heterocycles. The summed E-state index contributed by atoms with van der Waals surface area (Å²) in [4.78, 5) is 21.5. The largest absolute Gasteiger partial charge is 0.368 e. The molecule has 0 atom stereocenters. The minimum Gasteiger partial charge on any atom is -0.368 e. The number of hydrogen-bond donors (Lipinski definition) is 1. The van der Waals surface area contributed by atoms with Crippen LogP contribution in [0.3, 0.4) is 0 Å². The lowest BCUT2D eigenvalue weighted by Gasteiger charge is -2.36. The molecule has 5 nitrogen and oxygen atoms in total. The lowest BCUT2D eigenvalue weighted by molar-refractivity contribution is 0.102. The first-order valence-electron chi connectivity index (χ1n) is 9.69. The van der Waals surface area contributed by atoms with Gasteiger partial charge < -0.3 is 15.1 Å². The number of anilines is 3. The van der Waals surface area contributed by atoms with E-state index < -0.39 is 0 Å². The van der Waals surface area contributed by atoms with Gasteiger partial charge in [-0.25, -0.2) is 9.37 Å². The highest BCUT2D eigenvalue weighted by atomic mass is 19.1. The third-order valence-electron chi connectivity index (χ3n) is 5.20. The summed E-state index contributed by atoms with van der Waals surface area (Å²) >= 11 is 0. The zero-order chi connectivity index (χ0) is 20.2. The normalized spacial score (nSPS) is 14.0. The molecule has 29 heavy (non-hydrogen) atoms. The van der Waals surface area contributed by atoms with Gasteiger partial charge in [-0.15, -0.1) is 0 Å². The van der Waals surface area contributed by atoms with Crippen LogP contribution >= 0.6 is 0 Å². The smallest absolute Gasteiger partial charge is 0.255 e. The molecule has 1 aliphatic rings. The number of aryl methyl sites for hydroxylation is 1. The summed E-state index contributed by atoms with van der Waals surface area (Å²) in [5.41, 5.74) is 3.43. The summed E-state index contributed by atoms with van der Waals surface area (Å²) in [5, 5.41) is 2.97. The first-order chi connectivity index (χ1) is 14.1. The Balaban J connectivity index is 1.42. The van der Waals surface area contributed by atoms with Crippen molar-refractivity contribution in [3.8, 4) is 0 Å².